The van der Waals surface area contributed by atoms with Crippen LogP contribution in [0.3, 0.4) is 0 Å². The number of amides is 1. The van der Waals surface area contributed by atoms with Crippen molar-refractivity contribution in [3.8, 4) is 11.6 Å². The number of para-hydroxylation sites is 1. The average Bonchev–Trinajstić information content (AvgIpc) is 3.56. The molecule has 8 heteroatoms. The van der Waals surface area contributed by atoms with Crippen molar-refractivity contribution >= 4 is 28.9 Å². The Hall–Kier alpha value is -3.91. The molecule has 5 rings (SSSR count). The molecule has 0 radical (unpaired) electrons. The molecule has 0 spiro atoms. The van der Waals surface area contributed by atoms with Crippen LogP contribution in [0.5, 0.6) is 11.6 Å². The van der Waals surface area contributed by atoms with Crippen molar-refractivity contribution in [2.75, 3.05) is 18.6 Å². The van der Waals surface area contributed by atoms with Gasteiger partial charge in [-0.2, -0.15) is 4.98 Å². The standard InChI is InChI=1S/C26H24N4O3S/c1-32-20-10-8-18(9-11-20)17-33-25-22(24(31)27-15-21-6-4-14-34-21)16-28-26(29-25)30-13-12-19-5-2-3-7-23(19)30/h2-11,14,16H,12-13,15,17H2,1H3,(H,27,31). The second kappa shape index (κ2) is 9.93. The van der Waals surface area contributed by atoms with E-state index in [1.807, 2.05) is 53.9 Å². The number of hydrogen-bond donors (Lipinski definition) is 1. The zero-order valence-corrected chi connectivity index (χ0v) is 19.5. The van der Waals surface area contributed by atoms with Gasteiger partial charge < -0.3 is 19.7 Å². The monoisotopic (exact) mass is 472 g/mol. The van der Waals surface area contributed by atoms with Crippen LogP contribution in [0, 0.1) is 0 Å². The van der Waals surface area contributed by atoms with Gasteiger partial charge in [0.15, 0.2) is 0 Å². The Morgan fingerprint density at radius 1 is 1.12 bits per heavy atom. The van der Waals surface area contributed by atoms with Crippen molar-refractivity contribution in [3.05, 3.63) is 93.8 Å². The van der Waals surface area contributed by atoms with Crippen molar-refractivity contribution in [2.45, 2.75) is 19.6 Å². The number of thiophene rings is 1. The summed E-state index contributed by atoms with van der Waals surface area (Å²) in [5, 5.41) is 4.92. The van der Waals surface area contributed by atoms with Gasteiger partial charge in [0.2, 0.25) is 11.8 Å². The summed E-state index contributed by atoms with van der Waals surface area (Å²) in [5.74, 6) is 1.28. The molecule has 0 unspecified atom stereocenters. The minimum Gasteiger partial charge on any atom is -0.497 e. The lowest BCUT2D eigenvalue weighted by Gasteiger charge is -2.19. The summed E-state index contributed by atoms with van der Waals surface area (Å²) in [4.78, 5) is 25.3. The number of carbonyl (C=O) groups excluding carboxylic acids is 1. The van der Waals surface area contributed by atoms with E-state index in [4.69, 9.17) is 9.47 Å². The third-order valence-corrected chi connectivity index (χ3v) is 6.53. The first-order chi connectivity index (χ1) is 16.7. The zero-order chi connectivity index (χ0) is 23.3. The summed E-state index contributed by atoms with van der Waals surface area (Å²) in [7, 11) is 1.63. The Balaban J connectivity index is 1.40. The fourth-order valence-corrected chi connectivity index (χ4v) is 4.49. The number of rotatable bonds is 8. The highest BCUT2D eigenvalue weighted by molar-refractivity contribution is 7.09. The van der Waals surface area contributed by atoms with Gasteiger partial charge in [-0.25, -0.2) is 4.98 Å². The van der Waals surface area contributed by atoms with Gasteiger partial charge in [0.1, 0.15) is 17.9 Å². The molecule has 2 aromatic carbocycles. The fourth-order valence-electron chi connectivity index (χ4n) is 3.85. The first-order valence-electron chi connectivity index (χ1n) is 11.0. The lowest BCUT2D eigenvalue weighted by atomic mass is 10.2. The third kappa shape index (κ3) is 4.72. The number of nitrogens with one attached hydrogen (secondary N) is 1. The fraction of sp³-hybridized carbons (Fsp3) is 0.192. The maximum absolute atomic E-state index is 13.0. The van der Waals surface area contributed by atoms with Crippen molar-refractivity contribution < 1.29 is 14.3 Å². The smallest absolute Gasteiger partial charge is 0.258 e. The molecule has 4 aromatic rings. The van der Waals surface area contributed by atoms with Gasteiger partial charge in [0.25, 0.3) is 5.91 Å². The zero-order valence-electron chi connectivity index (χ0n) is 18.7. The first-order valence-corrected chi connectivity index (χ1v) is 11.9. The van der Waals surface area contributed by atoms with E-state index >= 15 is 0 Å². The number of ether oxygens (including phenoxy) is 2. The number of fused-ring (bicyclic) bond motifs is 1. The van der Waals surface area contributed by atoms with E-state index < -0.39 is 0 Å². The summed E-state index contributed by atoms with van der Waals surface area (Å²) in [6.07, 6.45) is 2.47. The maximum Gasteiger partial charge on any atom is 0.258 e. The van der Waals surface area contributed by atoms with Crippen molar-refractivity contribution in [1.82, 2.24) is 15.3 Å². The lowest BCUT2D eigenvalue weighted by Crippen LogP contribution is -2.25. The van der Waals surface area contributed by atoms with Crippen molar-refractivity contribution in [2.24, 2.45) is 0 Å². The number of methoxy groups -OCH3 is 1. The van der Waals surface area contributed by atoms with Crippen LogP contribution in [-0.2, 0) is 19.6 Å². The van der Waals surface area contributed by atoms with Gasteiger partial charge in [-0.3, -0.25) is 4.79 Å². The van der Waals surface area contributed by atoms with Gasteiger partial charge in [-0.05, 0) is 47.2 Å². The summed E-state index contributed by atoms with van der Waals surface area (Å²) < 4.78 is 11.3. The van der Waals surface area contributed by atoms with Crippen LogP contribution < -0.4 is 19.7 Å². The van der Waals surface area contributed by atoms with E-state index in [9.17, 15) is 4.79 Å². The molecule has 2 aromatic heterocycles. The molecule has 0 atom stereocenters. The average molecular weight is 473 g/mol. The molecular formula is C26H24N4O3S. The molecule has 1 aliphatic heterocycles. The second-order valence-corrected chi connectivity index (χ2v) is 8.85. The second-order valence-electron chi connectivity index (χ2n) is 7.82. The van der Waals surface area contributed by atoms with Gasteiger partial charge in [-0.15, -0.1) is 11.3 Å². The number of benzene rings is 2. The minimum absolute atomic E-state index is 0.258. The maximum atomic E-state index is 13.0. The van der Waals surface area contributed by atoms with Gasteiger partial charge >= 0.3 is 0 Å². The molecule has 34 heavy (non-hydrogen) atoms. The largest absolute Gasteiger partial charge is 0.497 e. The summed E-state index contributed by atoms with van der Waals surface area (Å²) in [6.45, 7) is 1.49. The number of anilines is 2. The first kappa shape index (κ1) is 21.9. The Morgan fingerprint density at radius 2 is 1.97 bits per heavy atom. The number of carbonyl (C=O) groups is 1. The van der Waals surface area contributed by atoms with Crippen LogP contribution in [0.1, 0.15) is 26.4 Å². The minimum atomic E-state index is -0.272. The van der Waals surface area contributed by atoms with E-state index in [-0.39, 0.29) is 18.4 Å². The number of aromatic nitrogens is 2. The molecule has 3 heterocycles. The molecule has 0 saturated carbocycles. The molecule has 1 N–H and O–H groups in total. The van der Waals surface area contributed by atoms with E-state index in [1.165, 1.54) is 5.56 Å². The number of nitrogens with zero attached hydrogens (tertiary/aromatic N) is 3. The molecule has 1 amide bonds. The highest BCUT2D eigenvalue weighted by atomic mass is 32.1. The normalized spacial score (nSPS) is 12.3. The van der Waals surface area contributed by atoms with Crippen LogP contribution >= 0.6 is 11.3 Å². The topological polar surface area (TPSA) is 76.6 Å². The quantitative estimate of drug-likeness (QED) is 0.399. The molecule has 0 aliphatic carbocycles. The molecule has 172 valence electrons. The van der Waals surface area contributed by atoms with Crippen LogP contribution in [0.4, 0.5) is 11.6 Å². The van der Waals surface area contributed by atoms with E-state index in [0.29, 0.717) is 18.1 Å². The van der Waals surface area contributed by atoms with Crippen LogP contribution in [0.2, 0.25) is 0 Å². The molecular weight excluding hydrogens is 448 g/mol. The molecule has 0 bridgehead atoms. The van der Waals surface area contributed by atoms with Gasteiger partial charge in [0, 0.05) is 23.3 Å². The van der Waals surface area contributed by atoms with E-state index in [1.54, 1.807) is 24.6 Å². The van der Waals surface area contributed by atoms with Crippen LogP contribution in [0.25, 0.3) is 0 Å². The summed E-state index contributed by atoms with van der Waals surface area (Å²) >= 11 is 1.59. The Bertz CT molecular complexity index is 1280. The van der Waals surface area contributed by atoms with Crippen molar-refractivity contribution in [1.29, 1.82) is 0 Å². The summed E-state index contributed by atoms with van der Waals surface area (Å²) in [6, 6.07) is 19.8. The predicted octanol–water partition coefficient (Wildman–Crippen LogP) is 4.75. The summed E-state index contributed by atoms with van der Waals surface area (Å²) in [5.41, 5.74) is 3.58. The predicted molar refractivity (Wildman–Crippen MR) is 132 cm³/mol. The van der Waals surface area contributed by atoms with Gasteiger partial charge in [-0.1, -0.05) is 36.4 Å². The lowest BCUT2D eigenvalue weighted by molar-refractivity contribution is 0.0945. The van der Waals surface area contributed by atoms with Crippen LogP contribution in [-0.4, -0.2) is 29.5 Å². The SMILES string of the molecule is COc1ccc(COc2nc(N3CCc4ccccc43)ncc2C(=O)NCc2cccs2)cc1. The Kier molecular flexibility index (Phi) is 6.40. The molecule has 7 nitrogen and oxygen atoms in total. The third-order valence-electron chi connectivity index (χ3n) is 5.65. The highest BCUT2D eigenvalue weighted by Gasteiger charge is 2.24. The van der Waals surface area contributed by atoms with Crippen molar-refractivity contribution in [3.63, 3.8) is 0 Å². The molecule has 0 fully saturated rings. The molecule has 0 saturated heterocycles. The van der Waals surface area contributed by atoms with Gasteiger partial charge in [0.05, 0.1) is 13.7 Å². The Labute approximate surface area is 202 Å². The molecule has 1 aliphatic rings. The Morgan fingerprint density at radius 3 is 2.76 bits per heavy atom. The van der Waals surface area contributed by atoms with E-state index in [2.05, 4.69) is 32.3 Å². The number of hydrogen-bond acceptors (Lipinski definition) is 7. The van der Waals surface area contributed by atoms with Crippen LogP contribution in [0.15, 0.2) is 72.2 Å². The van der Waals surface area contributed by atoms with E-state index in [0.717, 1.165) is 34.8 Å². The highest BCUT2D eigenvalue weighted by Crippen LogP contribution is 2.33.